The van der Waals surface area contributed by atoms with Crippen LogP contribution in [0.3, 0.4) is 0 Å². The number of fused-ring (bicyclic) bond motifs is 3. The van der Waals surface area contributed by atoms with Crippen LogP contribution in [0.25, 0.3) is 21.0 Å². The third kappa shape index (κ3) is 2.81. The van der Waals surface area contributed by atoms with Crippen LogP contribution in [0.2, 0.25) is 0 Å². The lowest BCUT2D eigenvalue weighted by Gasteiger charge is -2.02. The Morgan fingerprint density at radius 1 is 1.04 bits per heavy atom. The SMILES string of the molecule is C=CCn1c(=NC(=O)c2ccccc2)sc2c3ccccc3ccc21. The maximum atomic E-state index is 12.5. The molecule has 0 aliphatic heterocycles. The number of hydrogen-bond acceptors (Lipinski definition) is 2. The van der Waals surface area contributed by atoms with Crippen LogP contribution in [0.1, 0.15) is 10.4 Å². The molecule has 0 bridgehead atoms. The van der Waals surface area contributed by atoms with Crippen LogP contribution in [-0.4, -0.2) is 10.5 Å². The minimum atomic E-state index is -0.228. The number of carbonyl (C=O) groups excluding carboxylic acids is 1. The predicted molar refractivity (Wildman–Crippen MR) is 104 cm³/mol. The Kier molecular flexibility index (Phi) is 4.04. The first-order valence-electron chi connectivity index (χ1n) is 8.04. The first-order valence-corrected chi connectivity index (χ1v) is 8.85. The largest absolute Gasteiger partial charge is 0.312 e. The summed E-state index contributed by atoms with van der Waals surface area (Å²) in [6.07, 6.45) is 1.83. The van der Waals surface area contributed by atoms with Gasteiger partial charge in [-0.2, -0.15) is 4.99 Å². The van der Waals surface area contributed by atoms with Crippen LogP contribution in [0.15, 0.2) is 84.4 Å². The Morgan fingerprint density at radius 2 is 1.80 bits per heavy atom. The molecule has 4 aromatic rings. The van der Waals surface area contributed by atoms with Crippen LogP contribution in [0.5, 0.6) is 0 Å². The highest BCUT2D eigenvalue weighted by molar-refractivity contribution is 7.17. The van der Waals surface area contributed by atoms with E-state index < -0.39 is 0 Å². The lowest BCUT2D eigenvalue weighted by molar-refractivity contribution is 0.0998. The summed E-state index contributed by atoms with van der Waals surface area (Å²) in [7, 11) is 0. The third-order valence-electron chi connectivity index (χ3n) is 4.10. The molecule has 0 N–H and O–H groups in total. The van der Waals surface area contributed by atoms with Gasteiger partial charge in [0.1, 0.15) is 0 Å². The summed E-state index contributed by atoms with van der Waals surface area (Å²) in [5.41, 5.74) is 1.66. The first kappa shape index (κ1) is 15.5. The molecule has 3 nitrogen and oxygen atoms in total. The number of nitrogens with zero attached hydrogens (tertiary/aromatic N) is 2. The zero-order valence-electron chi connectivity index (χ0n) is 13.6. The highest BCUT2D eigenvalue weighted by Crippen LogP contribution is 2.27. The molecule has 1 aromatic heterocycles. The van der Waals surface area contributed by atoms with Gasteiger partial charge in [-0.15, -0.1) is 6.58 Å². The molecule has 3 aromatic carbocycles. The summed E-state index contributed by atoms with van der Waals surface area (Å²) >= 11 is 1.54. The van der Waals surface area contributed by atoms with Crippen molar-refractivity contribution in [2.75, 3.05) is 0 Å². The van der Waals surface area contributed by atoms with Crippen LogP contribution >= 0.6 is 11.3 Å². The molecule has 25 heavy (non-hydrogen) atoms. The van der Waals surface area contributed by atoms with Gasteiger partial charge in [0, 0.05) is 17.5 Å². The zero-order chi connectivity index (χ0) is 17.2. The molecule has 1 heterocycles. The molecule has 0 saturated carbocycles. The van der Waals surface area contributed by atoms with E-state index in [0.717, 1.165) is 10.2 Å². The Morgan fingerprint density at radius 3 is 2.60 bits per heavy atom. The van der Waals surface area contributed by atoms with Gasteiger partial charge in [-0.3, -0.25) is 4.79 Å². The van der Waals surface area contributed by atoms with E-state index in [4.69, 9.17) is 0 Å². The van der Waals surface area contributed by atoms with Crippen molar-refractivity contribution in [3.63, 3.8) is 0 Å². The Bertz CT molecular complexity index is 1150. The highest BCUT2D eigenvalue weighted by atomic mass is 32.1. The van der Waals surface area contributed by atoms with Crippen molar-refractivity contribution in [2.45, 2.75) is 6.54 Å². The van der Waals surface area contributed by atoms with Crippen molar-refractivity contribution in [3.05, 3.63) is 89.7 Å². The van der Waals surface area contributed by atoms with Crippen molar-refractivity contribution < 1.29 is 4.79 Å². The molecular formula is C21H16N2OS. The van der Waals surface area contributed by atoms with Gasteiger partial charge >= 0.3 is 0 Å². The number of amides is 1. The van der Waals surface area contributed by atoms with Gasteiger partial charge in [0.15, 0.2) is 4.80 Å². The average Bonchev–Trinajstić information content (AvgIpc) is 3.00. The van der Waals surface area contributed by atoms with Crippen molar-refractivity contribution in [3.8, 4) is 0 Å². The molecule has 1 amide bonds. The molecule has 0 aliphatic carbocycles. The van der Waals surface area contributed by atoms with E-state index in [2.05, 4.69) is 35.8 Å². The number of aromatic nitrogens is 1. The lowest BCUT2D eigenvalue weighted by atomic mass is 10.1. The number of benzene rings is 3. The number of rotatable bonds is 3. The number of hydrogen-bond donors (Lipinski definition) is 0. The molecule has 4 heteroatoms. The maximum absolute atomic E-state index is 12.5. The fourth-order valence-electron chi connectivity index (χ4n) is 2.92. The number of carbonyl (C=O) groups is 1. The summed E-state index contributed by atoms with van der Waals surface area (Å²) in [5, 5.41) is 2.36. The van der Waals surface area contributed by atoms with Gasteiger partial charge < -0.3 is 4.57 Å². The van der Waals surface area contributed by atoms with E-state index in [0.29, 0.717) is 16.9 Å². The molecule has 0 unspecified atom stereocenters. The third-order valence-corrected chi connectivity index (χ3v) is 5.23. The molecule has 0 spiro atoms. The van der Waals surface area contributed by atoms with Crippen LogP contribution in [0, 0.1) is 0 Å². The van der Waals surface area contributed by atoms with E-state index in [1.165, 1.54) is 10.8 Å². The van der Waals surface area contributed by atoms with E-state index in [9.17, 15) is 4.79 Å². The van der Waals surface area contributed by atoms with E-state index in [-0.39, 0.29) is 5.91 Å². The second-order valence-corrected chi connectivity index (χ2v) is 6.68. The molecule has 122 valence electrons. The van der Waals surface area contributed by atoms with Crippen LogP contribution in [0.4, 0.5) is 0 Å². The van der Waals surface area contributed by atoms with Crippen LogP contribution < -0.4 is 4.80 Å². The van der Waals surface area contributed by atoms with Crippen LogP contribution in [-0.2, 0) is 6.54 Å². The second-order valence-electron chi connectivity index (χ2n) is 5.70. The predicted octanol–water partition coefficient (Wildman–Crippen LogP) is 4.78. The summed E-state index contributed by atoms with van der Waals surface area (Å²) in [4.78, 5) is 17.6. The standard InChI is InChI=1S/C21H16N2OS/c1-2-14-23-18-13-12-15-8-6-7-11-17(15)19(18)25-21(23)22-20(24)16-9-4-3-5-10-16/h2-13H,1,14H2. The monoisotopic (exact) mass is 344 g/mol. The summed E-state index contributed by atoms with van der Waals surface area (Å²) in [6.45, 7) is 4.45. The molecule has 0 aliphatic rings. The van der Waals surface area contributed by atoms with Gasteiger partial charge in [-0.25, -0.2) is 0 Å². The van der Waals surface area contributed by atoms with Gasteiger partial charge in [-0.05, 0) is 23.6 Å². The quantitative estimate of drug-likeness (QED) is 0.492. The number of thiazole rings is 1. The minimum absolute atomic E-state index is 0.228. The van der Waals surface area contributed by atoms with E-state index in [1.54, 1.807) is 23.5 Å². The summed E-state index contributed by atoms with van der Waals surface area (Å²) in [5.74, 6) is -0.228. The average molecular weight is 344 g/mol. The molecule has 4 rings (SSSR count). The van der Waals surface area contributed by atoms with Crippen molar-refractivity contribution in [2.24, 2.45) is 4.99 Å². The summed E-state index contributed by atoms with van der Waals surface area (Å²) < 4.78 is 3.18. The van der Waals surface area contributed by atoms with Gasteiger partial charge in [0.05, 0.1) is 10.2 Å². The molecule has 0 saturated heterocycles. The number of allylic oxidation sites excluding steroid dienone is 1. The normalized spacial score (nSPS) is 11.9. The van der Waals surface area contributed by atoms with Crippen molar-refractivity contribution in [1.82, 2.24) is 4.57 Å². The Labute approximate surface area is 149 Å². The zero-order valence-corrected chi connectivity index (χ0v) is 14.4. The Hall–Kier alpha value is -2.98. The fraction of sp³-hybridized carbons (Fsp3) is 0.0476. The lowest BCUT2D eigenvalue weighted by Crippen LogP contribution is -2.16. The highest BCUT2D eigenvalue weighted by Gasteiger charge is 2.10. The molecule has 0 radical (unpaired) electrons. The van der Waals surface area contributed by atoms with E-state index in [1.807, 2.05) is 41.0 Å². The first-order chi connectivity index (χ1) is 12.3. The van der Waals surface area contributed by atoms with Gasteiger partial charge in [0.25, 0.3) is 5.91 Å². The van der Waals surface area contributed by atoms with E-state index >= 15 is 0 Å². The van der Waals surface area contributed by atoms with Crippen molar-refractivity contribution >= 4 is 38.2 Å². The smallest absolute Gasteiger partial charge is 0.279 e. The second kappa shape index (κ2) is 6.49. The van der Waals surface area contributed by atoms with Crippen molar-refractivity contribution in [1.29, 1.82) is 0 Å². The van der Waals surface area contributed by atoms with Gasteiger partial charge in [0.2, 0.25) is 0 Å². The molecule has 0 fully saturated rings. The Balaban J connectivity index is 1.98. The minimum Gasteiger partial charge on any atom is -0.312 e. The topological polar surface area (TPSA) is 34.4 Å². The summed E-state index contributed by atoms with van der Waals surface area (Å²) in [6, 6.07) is 21.6. The van der Waals surface area contributed by atoms with Gasteiger partial charge in [-0.1, -0.05) is 65.9 Å². The molecular weight excluding hydrogens is 328 g/mol. The maximum Gasteiger partial charge on any atom is 0.279 e. The fourth-order valence-corrected chi connectivity index (χ4v) is 4.09. The molecule has 0 atom stereocenters.